The Morgan fingerprint density at radius 1 is 1.48 bits per heavy atom. The molecule has 2 heterocycles. The summed E-state index contributed by atoms with van der Waals surface area (Å²) in [7, 11) is 0. The fourth-order valence-electron chi connectivity index (χ4n) is 3.26. The summed E-state index contributed by atoms with van der Waals surface area (Å²) in [6.07, 6.45) is 4.17. The van der Waals surface area contributed by atoms with E-state index in [0.717, 1.165) is 0 Å². The van der Waals surface area contributed by atoms with Crippen LogP contribution in [0.3, 0.4) is 0 Å². The van der Waals surface area contributed by atoms with Crippen LogP contribution >= 0.6 is 11.6 Å². The van der Waals surface area contributed by atoms with E-state index in [0.29, 0.717) is 29.3 Å². The number of phenols is 1. The van der Waals surface area contributed by atoms with Gasteiger partial charge in [-0.15, -0.1) is 0 Å². The third-order valence-electron chi connectivity index (χ3n) is 4.59. The number of imidazole rings is 1. The number of benzene rings is 1. The first kappa shape index (κ1) is 18.9. The maximum absolute atomic E-state index is 14.0. The summed E-state index contributed by atoms with van der Waals surface area (Å²) in [5.41, 5.74) is 6.75. The number of nitrogens with zero attached hydrogens (tertiary/aromatic N) is 3. The molecule has 0 spiro atoms. The second-order valence-corrected chi connectivity index (χ2v) is 6.66. The normalized spacial score (nSPS) is 12.4. The number of carbonyl (C=O) groups is 1. The van der Waals surface area contributed by atoms with Crippen LogP contribution in [0.2, 0.25) is 5.02 Å². The van der Waals surface area contributed by atoms with Gasteiger partial charge in [-0.25, -0.2) is 19.2 Å². The van der Waals surface area contributed by atoms with Gasteiger partial charge in [0.1, 0.15) is 28.5 Å². The molecular formula is C18H18ClFN4O3. The minimum absolute atomic E-state index is 0.193. The van der Waals surface area contributed by atoms with E-state index in [2.05, 4.69) is 9.97 Å². The number of rotatable bonds is 5. The summed E-state index contributed by atoms with van der Waals surface area (Å²) < 4.78 is 15.8. The molecular weight excluding hydrogens is 375 g/mol. The molecule has 9 heteroatoms. The summed E-state index contributed by atoms with van der Waals surface area (Å²) in [4.78, 5) is 19.9. The Hall–Kier alpha value is -2.87. The Morgan fingerprint density at radius 3 is 2.81 bits per heavy atom. The lowest BCUT2D eigenvalue weighted by Gasteiger charge is -2.17. The number of fused-ring (bicyclic) bond motifs is 1. The van der Waals surface area contributed by atoms with Crippen molar-refractivity contribution in [3.8, 4) is 5.75 Å². The minimum Gasteiger partial charge on any atom is -0.507 e. The number of aromatic hydroxyl groups is 1. The van der Waals surface area contributed by atoms with E-state index in [1.807, 2.05) is 18.2 Å². The van der Waals surface area contributed by atoms with Gasteiger partial charge in [0.25, 0.3) is 0 Å². The number of aryl methyl sites for hydroxylation is 1. The Kier molecular flexibility index (Phi) is 4.93. The van der Waals surface area contributed by atoms with E-state index in [1.54, 1.807) is 12.4 Å². The first-order chi connectivity index (χ1) is 12.8. The molecule has 0 aliphatic heterocycles. The summed E-state index contributed by atoms with van der Waals surface area (Å²) in [6.45, 7) is 3.75. The van der Waals surface area contributed by atoms with E-state index in [4.69, 9.17) is 17.3 Å². The lowest BCUT2D eigenvalue weighted by Crippen LogP contribution is -2.10. The highest BCUT2D eigenvalue weighted by atomic mass is 35.5. The van der Waals surface area contributed by atoms with Crippen molar-refractivity contribution in [2.24, 2.45) is 0 Å². The van der Waals surface area contributed by atoms with Gasteiger partial charge in [-0.3, -0.25) is 4.40 Å². The Morgan fingerprint density at radius 2 is 2.19 bits per heavy atom. The molecule has 0 saturated heterocycles. The molecule has 4 N–H and O–H groups in total. The number of anilines is 1. The molecule has 0 unspecified atom stereocenters. The van der Waals surface area contributed by atoms with Crippen molar-refractivity contribution < 1.29 is 19.4 Å². The van der Waals surface area contributed by atoms with E-state index < -0.39 is 23.1 Å². The van der Waals surface area contributed by atoms with Crippen molar-refractivity contribution in [3.63, 3.8) is 0 Å². The van der Waals surface area contributed by atoms with Crippen LogP contribution in [0, 0.1) is 12.7 Å². The lowest BCUT2D eigenvalue weighted by molar-refractivity contribution is 0.0688. The average molecular weight is 393 g/mol. The highest BCUT2D eigenvalue weighted by Gasteiger charge is 2.26. The van der Waals surface area contributed by atoms with Crippen LogP contribution in [-0.4, -0.2) is 30.6 Å². The molecule has 3 aromatic rings. The molecule has 1 aromatic carbocycles. The van der Waals surface area contributed by atoms with E-state index >= 15 is 0 Å². The monoisotopic (exact) mass is 392 g/mol. The number of carboxylic acids is 1. The van der Waals surface area contributed by atoms with Gasteiger partial charge in [0.15, 0.2) is 5.82 Å². The van der Waals surface area contributed by atoms with Gasteiger partial charge in [-0.2, -0.15) is 0 Å². The van der Waals surface area contributed by atoms with Crippen LogP contribution in [0.25, 0.3) is 5.52 Å². The standard InChI is InChI=1S/C18H18ClFN4O3/c1-3-9(17-23-8(2)14-16(21)22-4-5-24(14)17)6-10-7-11(19)13(20)12(15(10)25)18(26)27/h4-5,7,9,25H,3,6H2,1-2H3,(H2,21,22)(H,26,27)/t9-/m0/s1. The first-order valence-electron chi connectivity index (χ1n) is 8.28. The first-order valence-corrected chi connectivity index (χ1v) is 8.66. The Labute approximate surface area is 159 Å². The number of nitrogens with two attached hydrogens (primary N) is 1. The highest BCUT2D eigenvalue weighted by molar-refractivity contribution is 6.31. The fourth-order valence-corrected chi connectivity index (χ4v) is 3.49. The Bertz CT molecular complexity index is 1050. The summed E-state index contributed by atoms with van der Waals surface area (Å²) in [6, 6.07) is 1.25. The zero-order chi connectivity index (χ0) is 19.9. The molecule has 3 rings (SSSR count). The molecule has 7 nitrogen and oxygen atoms in total. The fraction of sp³-hybridized carbons (Fsp3) is 0.278. The largest absolute Gasteiger partial charge is 0.507 e. The molecule has 142 valence electrons. The quantitative estimate of drug-likeness (QED) is 0.611. The molecule has 0 aliphatic carbocycles. The molecule has 1 atom stereocenters. The van der Waals surface area contributed by atoms with E-state index in [1.165, 1.54) is 6.07 Å². The number of hydrogen-bond donors (Lipinski definition) is 3. The molecule has 0 bridgehead atoms. The molecule has 0 fully saturated rings. The number of aromatic nitrogens is 3. The van der Waals surface area contributed by atoms with Crippen LogP contribution in [-0.2, 0) is 6.42 Å². The third kappa shape index (κ3) is 3.16. The summed E-state index contributed by atoms with van der Waals surface area (Å²) in [5.74, 6) is -2.51. The average Bonchev–Trinajstić information content (AvgIpc) is 2.95. The van der Waals surface area contributed by atoms with Gasteiger partial charge in [0.2, 0.25) is 0 Å². The van der Waals surface area contributed by atoms with Crippen molar-refractivity contribution in [2.75, 3.05) is 5.73 Å². The molecule has 0 radical (unpaired) electrons. The summed E-state index contributed by atoms with van der Waals surface area (Å²) in [5, 5.41) is 19.1. The van der Waals surface area contributed by atoms with Crippen molar-refractivity contribution in [1.82, 2.24) is 14.4 Å². The molecule has 27 heavy (non-hydrogen) atoms. The second-order valence-electron chi connectivity index (χ2n) is 6.26. The van der Waals surface area contributed by atoms with Crippen molar-refractivity contribution >= 4 is 28.9 Å². The van der Waals surface area contributed by atoms with Crippen LogP contribution < -0.4 is 5.73 Å². The van der Waals surface area contributed by atoms with Crippen molar-refractivity contribution in [1.29, 1.82) is 0 Å². The number of hydrogen-bond acceptors (Lipinski definition) is 5. The zero-order valence-corrected chi connectivity index (χ0v) is 15.5. The summed E-state index contributed by atoms with van der Waals surface area (Å²) >= 11 is 5.83. The van der Waals surface area contributed by atoms with Gasteiger partial charge < -0.3 is 15.9 Å². The molecule has 0 aliphatic rings. The number of carboxylic acid groups (broad SMARTS) is 1. The zero-order valence-electron chi connectivity index (χ0n) is 14.7. The maximum atomic E-state index is 14.0. The van der Waals surface area contributed by atoms with E-state index in [9.17, 15) is 19.4 Å². The number of halogens is 2. The third-order valence-corrected chi connectivity index (χ3v) is 4.87. The number of nitrogen functional groups attached to an aromatic ring is 1. The van der Waals surface area contributed by atoms with Crippen LogP contribution in [0.15, 0.2) is 18.5 Å². The molecule has 0 amide bonds. The van der Waals surface area contributed by atoms with E-state index in [-0.39, 0.29) is 22.9 Å². The Balaban J connectivity index is 2.10. The maximum Gasteiger partial charge on any atom is 0.342 e. The topological polar surface area (TPSA) is 114 Å². The van der Waals surface area contributed by atoms with Crippen LogP contribution in [0.4, 0.5) is 10.2 Å². The second kappa shape index (κ2) is 7.03. The predicted molar refractivity (Wildman–Crippen MR) is 98.9 cm³/mol. The predicted octanol–water partition coefficient (Wildman–Crippen LogP) is 3.55. The smallest absolute Gasteiger partial charge is 0.342 e. The lowest BCUT2D eigenvalue weighted by atomic mass is 9.94. The van der Waals surface area contributed by atoms with Gasteiger partial charge >= 0.3 is 5.97 Å². The van der Waals surface area contributed by atoms with Crippen molar-refractivity contribution in [3.05, 3.63) is 51.9 Å². The van der Waals surface area contributed by atoms with Gasteiger partial charge in [-0.05, 0) is 31.4 Å². The molecule has 2 aromatic heterocycles. The SMILES string of the molecule is CC[C@@H](Cc1cc(Cl)c(F)c(C(=O)O)c1O)c1nc(C)c2c(N)nccn12. The minimum atomic E-state index is -1.58. The van der Waals surface area contributed by atoms with Gasteiger partial charge in [0, 0.05) is 18.3 Å². The number of aromatic carboxylic acids is 1. The van der Waals surface area contributed by atoms with Crippen LogP contribution in [0.5, 0.6) is 5.75 Å². The highest BCUT2D eigenvalue weighted by Crippen LogP contribution is 2.35. The van der Waals surface area contributed by atoms with Gasteiger partial charge in [0.05, 0.1) is 10.7 Å². The van der Waals surface area contributed by atoms with Crippen LogP contribution in [0.1, 0.15) is 46.7 Å². The molecule has 0 saturated carbocycles. The van der Waals surface area contributed by atoms with Gasteiger partial charge in [-0.1, -0.05) is 18.5 Å². The van der Waals surface area contributed by atoms with Crippen molar-refractivity contribution in [2.45, 2.75) is 32.6 Å².